The number of amides is 2. The van der Waals surface area contributed by atoms with Crippen LogP contribution in [0.15, 0.2) is 23.3 Å². The lowest BCUT2D eigenvalue weighted by Crippen LogP contribution is -2.58. The van der Waals surface area contributed by atoms with Crippen molar-refractivity contribution in [2.45, 2.75) is 104 Å². The van der Waals surface area contributed by atoms with Gasteiger partial charge in [0.15, 0.2) is 0 Å². The minimum Gasteiger partial charge on any atom is -0.393 e. The molecular weight excluding hydrogens is 400 g/mol. The van der Waals surface area contributed by atoms with Gasteiger partial charge in [-0.15, -0.1) is 0 Å². The number of nitrogens with zero attached hydrogens (tertiary/aromatic N) is 1. The van der Waals surface area contributed by atoms with Crippen LogP contribution < -0.4 is 5.32 Å². The standard InChI is InChI=1S/C27H44N2O3/c1-6-15-29(24(31)28-18(2)3)17-27(32)14-11-23-21-8-7-19-16-20(30)9-12-25(19,4)22(21)10-13-26(23,27)5/h7-8,18,20,22-23,30,32H,6,9-17H2,1-5H3,(H,28,31)/t20-,22-,23-,25-,26-,27+/m0/s1. The van der Waals surface area contributed by atoms with Gasteiger partial charge in [0.1, 0.15) is 0 Å². The predicted molar refractivity (Wildman–Crippen MR) is 128 cm³/mol. The van der Waals surface area contributed by atoms with Gasteiger partial charge in [-0.2, -0.15) is 0 Å². The highest BCUT2D eigenvalue weighted by Gasteiger charge is 2.62. The lowest BCUT2D eigenvalue weighted by atomic mass is 9.50. The lowest BCUT2D eigenvalue weighted by molar-refractivity contribution is -0.0964. The van der Waals surface area contributed by atoms with Crippen molar-refractivity contribution < 1.29 is 15.0 Å². The van der Waals surface area contributed by atoms with E-state index in [4.69, 9.17) is 0 Å². The van der Waals surface area contributed by atoms with Gasteiger partial charge in [-0.3, -0.25) is 0 Å². The maximum absolute atomic E-state index is 12.9. The summed E-state index contributed by atoms with van der Waals surface area (Å²) in [6.07, 6.45) is 11.9. The summed E-state index contributed by atoms with van der Waals surface area (Å²) in [5.41, 5.74) is 2.01. The maximum Gasteiger partial charge on any atom is 0.317 e. The fraction of sp³-hybridized carbons (Fsp3) is 0.815. The summed E-state index contributed by atoms with van der Waals surface area (Å²) in [5.74, 6) is 0.885. The largest absolute Gasteiger partial charge is 0.393 e. The van der Waals surface area contributed by atoms with Crippen molar-refractivity contribution in [3.05, 3.63) is 23.3 Å². The number of hydrogen-bond donors (Lipinski definition) is 3. The molecule has 6 atom stereocenters. The Balaban J connectivity index is 1.60. The highest BCUT2D eigenvalue weighted by molar-refractivity contribution is 5.74. The molecule has 32 heavy (non-hydrogen) atoms. The summed E-state index contributed by atoms with van der Waals surface area (Å²) in [6, 6.07) is 0.0238. The number of carbonyl (C=O) groups is 1. The molecule has 0 aromatic carbocycles. The maximum atomic E-state index is 12.9. The Bertz CT molecular complexity index is 805. The van der Waals surface area contributed by atoms with Gasteiger partial charge in [-0.05, 0) is 82.5 Å². The van der Waals surface area contributed by atoms with Crippen LogP contribution in [0, 0.1) is 22.7 Å². The van der Waals surface area contributed by atoms with E-state index < -0.39 is 5.60 Å². The van der Waals surface area contributed by atoms with Crippen LogP contribution in [-0.2, 0) is 0 Å². The van der Waals surface area contributed by atoms with E-state index in [1.165, 1.54) is 11.1 Å². The molecule has 5 heteroatoms. The molecule has 0 aromatic heterocycles. The third-order valence-corrected chi connectivity index (χ3v) is 9.51. The quantitative estimate of drug-likeness (QED) is 0.571. The van der Waals surface area contributed by atoms with Crippen LogP contribution in [0.3, 0.4) is 0 Å². The van der Waals surface area contributed by atoms with Gasteiger partial charge in [-0.25, -0.2) is 4.79 Å². The zero-order valence-corrected chi connectivity index (χ0v) is 20.8. The SMILES string of the molecule is CCCN(C[C@]1(O)CC[C@H]2C3=CC=C4C[C@@H](O)CC[C@]4(C)[C@H]3CC[C@@]21C)C(=O)NC(C)C. The Morgan fingerprint density at radius 2 is 1.88 bits per heavy atom. The number of urea groups is 1. The highest BCUT2D eigenvalue weighted by atomic mass is 16.3. The van der Waals surface area contributed by atoms with Crippen molar-refractivity contribution in [3.8, 4) is 0 Å². The third kappa shape index (κ3) is 3.73. The van der Waals surface area contributed by atoms with Gasteiger partial charge in [0.2, 0.25) is 0 Å². The average Bonchev–Trinajstić information content (AvgIpc) is 2.98. The second kappa shape index (κ2) is 8.47. The fourth-order valence-corrected chi connectivity index (χ4v) is 7.53. The van der Waals surface area contributed by atoms with E-state index in [9.17, 15) is 15.0 Å². The molecule has 3 fully saturated rings. The number of allylic oxidation sites excluding steroid dienone is 3. The van der Waals surface area contributed by atoms with E-state index in [0.717, 1.165) is 51.4 Å². The van der Waals surface area contributed by atoms with Crippen LogP contribution in [0.4, 0.5) is 4.79 Å². The van der Waals surface area contributed by atoms with Crippen molar-refractivity contribution in [1.29, 1.82) is 0 Å². The fourth-order valence-electron chi connectivity index (χ4n) is 7.53. The summed E-state index contributed by atoms with van der Waals surface area (Å²) in [7, 11) is 0. The number of hydrogen-bond acceptors (Lipinski definition) is 3. The Labute approximate surface area is 194 Å². The van der Waals surface area contributed by atoms with Gasteiger partial charge >= 0.3 is 6.03 Å². The van der Waals surface area contributed by atoms with Gasteiger partial charge in [0, 0.05) is 18.0 Å². The molecule has 3 N–H and O–H groups in total. The molecule has 0 saturated heterocycles. The van der Waals surface area contributed by atoms with Crippen LogP contribution in [0.2, 0.25) is 0 Å². The molecule has 0 heterocycles. The van der Waals surface area contributed by atoms with Crippen molar-refractivity contribution in [2.75, 3.05) is 13.1 Å². The van der Waals surface area contributed by atoms with E-state index in [0.29, 0.717) is 24.9 Å². The van der Waals surface area contributed by atoms with Gasteiger partial charge in [0.25, 0.3) is 0 Å². The number of aliphatic hydroxyl groups excluding tert-OH is 1. The van der Waals surface area contributed by atoms with Gasteiger partial charge in [0.05, 0.1) is 18.2 Å². The Morgan fingerprint density at radius 3 is 2.56 bits per heavy atom. The van der Waals surface area contributed by atoms with Gasteiger partial charge in [-0.1, -0.05) is 44.1 Å². The van der Waals surface area contributed by atoms with Crippen molar-refractivity contribution in [3.63, 3.8) is 0 Å². The topological polar surface area (TPSA) is 72.8 Å². The molecule has 4 rings (SSSR count). The molecule has 5 nitrogen and oxygen atoms in total. The molecule has 2 amide bonds. The van der Waals surface area contributed by atoms with Crippen molar-refractivity contribution in [1.82, 2.24) is 10.2 Å². The molecular formula is C27H44N2O3. The molecule has 0 unspecified atom stereocenters. The summed E-state index contributed by atoms with van der Waals surface area (Å²) in [4.78, 5) is 14.7. The minimum atomic E-state index is -0.860. The second-order valence-corrected chi connectivity index (χ2v) is 11.8. The summed E-state index contributed by atoms with van der Waals surface area (Å²) >= 11 is 0. The molecule has 4 aliphatic rings. The smallest absolute Gasteiger partial charge is 0.317 e. The minimum absolute atomic E-state index is 0.0613. The van der Waals surface area contributed by atoms with Crippen LogP contribution in [0.1, 0.15) is 86.0 Å². The molecule has 0 bridgehead atoms. The monoisotopic (exact) mass is 444 g/mol. The zero-order valence-electron chi connectivity index (χ0n) is 20.8. The first-order valence-electron chi connectivity index (χ1n) is 12.9. The van der Waals surface area contributed by atoms with E-state index in [-0.39, 0.29) is 29.0 Å². The molecule has 0 radical (unpaired) electrons. The molecule has 3 saturated carbocycles. The van der Waals surface area contributed by atoms with Crippen LogP contribution in [0.5, 0.6) is 0 Å². The number of nitrogens with one attached hydrogen (secondary N) is 1. The Kier molecular flexibility index (Phi) is 6.30. The molecule has 4 aliphatic carbocycles. The Hall–Kier alpha value is -1.33. The third-order valence-electron chi connectivity index (χ3n) is 9.51. The van der Waals surface area contributed by atoms with E-state index in [1.54, 1.807) is 0 Å². The van der Waals surface area contributed by atoms with Gasteiger partial charge < -0.3 is 20.4 Å². The van der Waals surface area contributed by atoms with Crippen LogP contribution in [0.25, 0.3) is 0 Å². The number of rotatable bonds is 5. The second-order valence-electron chi connectivity index (χ2n) is 11.8. The van der Waals surface area contributed by atoms with E-state index >= 15 is 0 Å². The Morgan fingerprint density at radius 1 is 1.16 bits per heavy atom. The van der Waals surface area contributed by atoms with Crippen LogP contribution >= 0.6 is 0 Å². The average molecular weight is 445 g/mol. The lowest BCUT2D eigenvalue weighted by Gasteiger charge is -2.56. The summed E-state index contributed by atoms with van der Waals surface area (Å²) < 4.78 is 0. The van der Waals surface area contributed by atoms with E-state index in [1.807, 2.05) is 18.7 Å². The molecule has 0 aromatic rings. The summed E-state index contributed by atoms with van der Waals surface area (Å²) in [5, 5.41) is 25.3. The summed E-state index contributed by atoms with van der Waals surface area (Å²) in [6.45, 7) is 11.8. The molecule has 0 aliphatic heterocycles. The zero-order chi connectivity index (χ0) is 23.3. The highest BCUT2D eigenvalue weighted by Crippen LogP contribution is 2.65. The van der Waals surface area contributed by atoms with Crippen molar-refractivity contribution >= 4 is 6.03 Å². The first-order valence-corrected chi connectivity index (χ1v) is 12.9. The van der Waals surface area contributed by atoms with Crippen molar-refractivity contribution in [2.24, 2.45) is 22.7 Å². The first kappa shape index (κ1) is 23.8. The number of aliphatic hydroxyl groups is 2. The van der Waals surface area contributed by atoms with Crippen LogP contribution in [-0.4, -0.2) is 52.0 Å². The molecule has 0 spiro atoms. The normalized spacial score (nSPS) is 40.7. The first-order chi connectivity index (χ1) is 15.0. The molecule has 180 valence electrons. The number of carbonyl (C=O) groups excluding carboxylic acids is 1. The van der Waals surface area contributed by atoms with E-state index in [2.05, 4.69) is 38.2 Å². The predicted octanol–water partition coefficient (Wildman–Crippen LogP) is 4.79. The number of fused-ring (bicyclic) bond motifs is 5.